The standard InChI is InChI=1S/C19H20FN3O4S/c1-26-18-9-14(15(20)10-22-18)11-3-5-12(6-4-11)16-7-13(27-23-16)8-17(19(21)24)28(2)25/h3-6,9-10,13,17H,7-8H2,1-2H3,(H2,21,24). The lowest BCUT2D eigenvalue weighted by Gasteiger charge is -2.17. The molecule has 148 valence electrons. The summed E-state index contributed by atoms with van der Waals surface area (Å²) in [5, 5.41) is 3.30. The molecule has 0 saturated carbocycles. The van der Waals surface area contributed by atoms with Gasteiger partial charge in [0.2, 0.25) is 5.88 Å². The number of hydrogen-bond acceptors (Lipinski definition) is 6. The number of ether oxygens (including phenoxy) is 1. The number of carbonyl (C=O) groups is 1. The number of pyridine rings is 1. The zero-order valence-corrected chi connectivity index (χ0v) is 16.2. The molecule has 1 aliphatic rings. The van der Waals surface area contributed by atoms with Gasteiger partial charge in [-0.2, -0.15) is 0 Å². The number of methoxy groups -OCH3 is 1. The lowest BCUT2D eigenvalue weighted by molar-refractivity contribution is -0.118. The number of carbonyl (C=O) groups excluding carboxylic acids is 1. The molecular weight excluding hydrogens is 385 g/mol. The van der Waals surface area contributed by atoms with E-state index in [0.717, 1.165) is 11.8 Å². The first kappa shape index (κ1) is 20.1. The fourth-order valence-electron chi connectivity index (χ4n) is 2.97. The molecule has 0 spiro atoms. The molecule has 3 unspecified atom stereocenters. The van der Waals surface area contributed by atoms with Crippen LogP contribution in [0.5, 0.6) is 5.88 Å². The number of oxime groups is 1. The Bertz CT molecular complexity index is 889. The van der Waals surface area contributed by atoms with Crippen molar-refractivity contribution in [2.75, 3.05) is 13.4 Å². The van der Waals surface area contributed by atoms with Crippen molar-refractivity contribution in [3.8, 4) is 17.0 Å². The van der Waals surface area contributed by atoms with Gasteiger partial charge in [-0.05, 0) is 22.3 Å². The van der Waals surface area contributed by atoms with Crippen LogP contribution in [0.1, 0.15) is 18.4 Å². The Kier molecular flexibility index (Phi) is 6.15. The molecule has 2 aromatic rings. The molecule has 0 radical (unpaired) electrons. The summed E-state index contributed by atoms with van der Waals surface area (Å²) in [4.78, 5) is 20.6. The summed E-state index contributed by atoms with van der Waals surface area (Å²) < 4.78 is 30.8. The van der Waals surface area contributed by atoms with Gasteiger partial charge in [-0.3, -0.25) is 4.79 Å². The summed E-state index contributed by atoms with van der Waals surface area (Å²) in [6.45, 7) is 0. The maximum absolute atomic E-state index is 14.1. The van der Waals surface area contributed by atoms with Crippen LogP contribution < -0.4 is 10.5 Å². The first-order valence-corrected chi connectivity index (χ1v) is 10.2. The number of halogens is 1. The first-order valence-electron chi connectivity index (χ1n) is 8.53. The highest BCUT2D eigenvalue weighted by Crippen LogP contribution is 2.27. The molecule has 0 aliphatic carbocycles. The lowest BCUT2D eigenvalue weighted by atomic mass is 9.99. The van der Waals surface area contributed by atoms with Gasteiger partial charge in [0, 0.05) is 24.5 Å². The van der Waals surface area contributed by atoms with E-state index in [1.807, 2.05) is 12.1 Å². The number of hydrogen-bond donors (Lipinski definition) is 1. The average molecular weight is 405 g/mol. The molecule has 3 atom stereocenters. The van der Waals surface area contributed by atoms with Crippen molar-refractivity contribution < 1.29 is 23.3 Å². The Morgan fingerprint density at radius 1 is 1.43 bits per heavy atom. The molecule has 7 nitrogen and oxygen atoms in total. The summed E-state index contributed by atoms with van der Waals surface area (Å²) >= 11 is -1.37. The Labute approximate surface area is 164 Å². The largest absolute Gasteiger partial charge is 0.616 e. The second-order valence-corrected chi connectivity index (χ2v) is 7.94. The van der Waals surface area contributed by atoms with Crippen LogP contribution in [0, 0.1) is 5.82 Å². The molecule has 0 saturated heterocycles. The summed E-state index contributed by atoms with van der Waals surface area (Å²) in [5.41, 5.74) is 7.88. The molecule has 1 amide bonds. The van der Waals surface area contributed by atoms with E-state index in [4.69, 9.17) is 15.3 Å². The predicted molar refractivity (Wildman–Crippen MR) is 104 cm³/mol. The molecule has 2 heterocycles. The van der Waals surface area contributed by atoms with Crippen molar-refractivity contribution in [3.63, 3.8) is 0 Å². The van der Waals surface area contributed by atoms with Crippen molar-refractivity contribution in [3.05, 3.63) is 47.9 Å². The highest BCUT2D eigenvalue weighted by atomic mass is 32.2. The molecule has 0 bridgehead atoms. The van der Waals surface area contributed by atoms with Crippen molar-refractivity contribution in [2.24, 2.45) is 10.9 Å². The van der Waals surface area contributed by atoms with Crippen LogP contribution in [0.4, 0.5) is 4.39 Å². The van der Waals surface area contributed by atoms with E-state index < -0.39 is 28.2 Å². The van der Waals surface area contributed by atoms with Gasteiger partial charge in [-0.1, -0.05) is 29.4 Å². The monoisotopic (exact) mass is 405 g/mol. The fraction of sp³-hybridized carbons (Fsp3) is 0.316. The number of aromatic nitrogens is 1. The van der Waals surface area contributed by atoms with Gasteiger partial charge in [0.05, 0.1) is 25.3 Å². The molecule has 1 aromatic heterocycles. The van der Waals surface area contributed by atoms with Gasteiger partial charge in [0.15, 0.2) is 5.25 Å². The van der Waals surface area contributed by atoms with E-state index in [1.54, 1.807) is 12.1 Å². The van der Waals surface area contributed by atoms with E-state index in [0.29, 0.717) is 29.1 Å². The van der Waals surface area contributed by atoms with Crippen LogP contribution >= 0.6 is 0 Å². The van der Waals surface area contributed by atoms with Crippen molar-refractivity contribution in [1.82, 2.24) is 4.98 Å². The van der Waals surface area contributed by atoms with Crippen LogP contribution in [0.15, 0.2) is 41.7 Å². The van der Waals surface area contributed by atoms with E-state index in [9.17, 15) is 13.7 Å². The Morgan fingerprint density at radius 3 is 2.71 bits per heavy atom. The summed E-state index contributed by atoms with van der Waals surface area (Å²) in [6.07, 6.45) is 2.91. The minimum atomic E-state index is -1.37. The molecule has 1 aromatic carbocycles. The Balaban J connectivity index is 1.70. The van der Waals surface area contributed by atoms with E-state index in [-0.39, 0.29) is 12.5 Å². The van der Waals surface area contributed by atoms with Crippen LogP contribution in [0.25, 0.3) is 11.1 Å². The van der Waals surface area contributed by atoms with Gasteiger partial charge in [-0.25, -0.2) is 9.37 Å². The molecule has 2 N–H and O–H groups in total. The maximum atomic E-state index is 14.1. The van der Waals surface area contributed by atoms with Crippen LogP contribution in [0.3, 0.4) is 0 Å². The number of nitrogens with two attached hydrogens (primary N) is 1. The highest BCUT2D eigenvalue weighted by Gasteiger charge is 2.33. The molecule has 9 heteroatoms. The Hall–Kier alpha value is -2.65. The van der Waals surface area contributed by atoms with E-state index in [1.165, 1.54) is 19.4 Å². The smallest absolute Gasteiger partial charge is 0.270 e. The second kappa shape index (κ2) is 8.57. The molecular formula is C19H20FN3O4S. The van der Waals surface area contributed by atoms with Crippen molar-refractivity contribution in [1.29, 1.82) is 0 Å². The van der Waals surface area contributed by atoms with Crippen molar-refractivity contribution >= 4 is 22.8 Å². The summed E-state index contributed by atoms with van der Waals surface area (Å²) in [7, 11) is 1.47. The fourth-order valence-corrected chi connectivity index (χ4v) is 3.79. The summed E-state index contributed by atoms with van der Waals surface area (Å²) in [5.74, 6) is -0.730. The highest BCUT2D eigenvalue weighted by molar-refractivity contribution is 7.92. The first-order chi connectivity index (χ1) is 13.4. The topological polar surface area (TPSA) is 110 Å². The Morgan fingerprint density at radius 2 is 2.11 bits per heavy atom. The number of benzene rings is 1. The van der Waals surface area contributed by atoms with Gasteiger partial charge >= 0.3 is 0 Å². The average Bonchev–Trinajstić information content (AvgIpc) is 3.15. The number of primary amides is 1. The lowest BCUT2D eigenvalue weighted by Crippen LogP contribution is -2.38. The third-order valence-electron chi connectivity index (χ3n) is 4.50. The molecule has 28 heavy (non-hydrogen) atoms. The second-order valence-electron chi connectivity index (χ2n) is 6.38. The van der Waals surface area contributed by atoms with Gasteiger partial charge in [-0.15, -0.1) is 0 Å². The number of amides is 1. The van der Waals surface area contributed by atoms with Crippen LogP contribution in [-0.4, -0.2) is 45.9 Å². The number of nitrogens with zero attached hydrogens (tertiary/aromatic N) is 2. The zero-order valence-electron chi connectivity index (χ0n) is 15.4. The van der Waals surface area contributed by atoms with E-state index >= 15 is 0 Å². The minimum absolute atomic E-state index is 0.242. The third-order valence-corrected chi connectivity index (χ3v) is 5.72. The van der Waals surface area contributed by atoms with Gasteiger partial charge < -0.3 is 19.9 Å². The third kappa shape index (κ3) is 4.42. The molecule has 0 fully saturated rings. The normalized spacial score (nSPS) is 18.1. The zero-order chi connectivity index (χ0) is 20.3. The molecule has 3 rings (SSSR count). The SMILES string of the molecule is COc1cc(-c2ccc(C3=NOC(CC(C(N)=O)[S+](C)[O-])C3)cc2)c(F)cn1. The quantitative estimate of drug-likeness (QED) is 0.709. The summed E-state index contributed by atoms with van der Waals surface area (Å²) in [6, 6.07) is 8.71. The van der Waals surface area contributed by atoms with Crippen LogP contribution in [0.2, 0.25) is 0 Å². The minimum Gasteiger partial charge on any atom is -0.616 e. The molecule has 1 aliphatic heterocycles. The number of rotatable bonds is 7. The maximum Gasteiger partial charge on any atom is 0.270 e. The van der Waals surface area contributed by atoms with Crippen molar-refractivity contribution in [2.45, 2.75) is 24.2 Å². The van der Waals surface area contributed by atoms with Gasteiger partial charge in [0.1, 0.15) is 11.9 Å². The predicted octanol–water partition coefficient (Wildman–Crippen LogP) is 2.01. The van der Waals surface area contributed by atoms with Gasteiger partial charge in [0.25, 0.3) is 5.91 Å². The van der Waals surface area contributed by atoms with Crippen LogP contribution in [-0.2, 0) is 20.8 Å². The van der Waals surface area contributed by atoms with E-state index in [2.05, 4.69) is 10.1 Å².